The molecule has 2 aliphatic carbocycles. The van der Waals surface area contributed by atoms with Crippen molar-refractivity contribution in [3.8, 4) is 0 Å². The number of aliphatic hydroxyl groups excluding tert-OH is 1. The maximum Gasteiger partial charge on any atom is 0.0568 e. The Balaban J connectivity index is 2.23. The molecule has 0 aromatic carbocycles. The first kappa shape index (κ1) is 13.4. The van der Waals surface area contributed by atoms with Crippen LogP contribution in [0.3, 0.4) is 0 Å². The van der Waals surface area contributed by atoms with Crippen LogP contribution < -0.4 is 0 Å². The highest BCUT2D eigenvalue weighted by Crippen LogP contribution is 2.57. The summed E-state index contributed by atoms with van der Waals surface area (Å²) in [5.41, 5.74) is 0.620. The second-order valence-corrected chi connectivity index (χ2v) is 7.77. The Morgan fingerprint density at radius 2 is 1.88 bits per heavy atom. The largest absolute Gasteiger partial charge is 0.393 e. The molecule has 0 aromatic heterocycles. The van der Waals surface area contributed by atoms with E-state index in [1.165, 1.54) is 32.1 Å². The summed E-state index contributed by atoms with van der Waals surface area (Å²) in [4.78, 5) is 0. The van der Waals surface area contributed by atoms with Crippen LogP contribution in [0.4, 0.5) is 0 Å². The number of fused-ring (bicyclic) bond motifs is 1. The second kappa shape index (κ2) is 4.26. The number of rotatable bonds is 1. The van der Waals surface area contributed by atoms with Gasteiger partial charge >= 0.3 is 0 Å². The van der Waals surface area contributed by atoms with Crippen molar-refractivity contribution in [3.63, 3.8) is 0 Å². The van der Waals surface area contributed by atoms with Gasteiger partial charge in [-0.15, -0.1) is 0 Å². The molecule has 0 saturated heterocycles. The molecule has 0 aliphatic heterocycles. The van der Waals surface area contributed by atoms with Gasteiger partial charge in [0.1, 0.15) is 0 Å². The lowest BCUT2D eigenvalue weighted by Gasteiger charge is -2.55. The highest BCUT2D eigenvalue weighted by atomic mass is 16.3. The summed E-state index contributed by atoms with van der Waals surface area (Å²) in [6.07, 6.45) is 6.59. The SMILES string of the molecule is C[C@H](O)[C@@]1(C)C[C@H]2[C@H](CCCC2(C)C)C[C@@H]1C. The number of aliphatic hydroxyl groups is 1. The Morgan fingerprint density at radius 3 is 2.47 bits per heavy atom. The van der Waals surface area contributed by atoms with Gasteiger partial charge in [0.2, 0.25) is 0 Å². The van der Waals surface area contributed by atoms with Gasteiger partial charge < -0.3 is 5.11 Å². The third-order valence-electron chi connectivity index (χ3n) is 6.37. The van der Waals surface area contributed by atoms with Crippen LogP contribution in [0, 0.1) is 28.6 Å². The van der Waals surface area contributed by atoms with Gasteiger partial charge in [0.15, 0.2) is 0 Å². The van der Waals surface area contributed by atoms with Crippen LogP contribution in [0.2, 0.25) is 0 Å². The van der Waals surface area contributed by atoms with Gasteiger partial charge in [-0.2, -0.15) is 0 Å². The van der Waals surface area contributed by atoms with Crippen LogP contribution >= 0.6 is 0 Å². The topological polar surface area (TPSA) is 20.2 Å². The highest BCUT2D eigenvalue weighted by Gasteiger charge is 2.50. The van der Waals surface area contributed by atoms with E-state index in [9.17, 15) is 5.11 Å². The smallest absolute Gasteiger partial charge is 0.0568 e. The van der Waals surface area contributed by atoms with Crippen molar-refractivity contribution in [2.24, 2.45) is 28.6 Å². The summed E-state index contributed by atoms with van der Waals surface area (Å²) in [6.45, 7) is 11.5. The Labute approximate surface area is 107 Å². The molecule has 1 N–H and O–H groups in total. The lowest BCUT2D eigenvalue weighted by Crippen LogP contribution is -2.49. The molecular weight excluding hydrogens is 208 g/mol. The molecule has 2 saturated carbocycles. The Morgan fingerprint density at radius 1 is 1.24 bits per heavy atom. The maximum absolute atomic E-state index is 10.2. The fourth-order valence-corrected chi connectivity index (χ4v) is 4.55. The van der Waals surface area contributed by atoms with E-state index in [1.807, 2.05) is 6.92 Å². The molecule has 0 unspecified atom stereocenters. The first-order valence-corrected chi connectivity index (χ1v) is 7.45. The van der Waals surface area contributed by atoms with Gasteiger partial charge in [0.25, 0.3) is 0 Å². The van der Waals surface area contributed by atoms with Crippen molar-refractivity contribution in [2.45, 2.75) is 72.8 Å². The van der Waals surface area contributed by atoms with Crippen molar-refractivity contribution in [1.29, 1.82) is 0 Å². The molecule has 0 amide bonds. The lowest BCUT2D eigenvalue weighted by atomic mass is 9.50. The molecule has 0 heterocycles. The predicted octanol–water partition coefficient (Wildman–Crippen LogP) is 4.25. The molecule has 17 heavy (non-hydrogen) atoms. The van der Waals surface area contributed by atoms with Gasteiger partial charge in [-0.05, 0) is 54.8 Å². The zero-order valence-electron chi connectivity index (χ0n) is 12.3. The summed E-state index contributed by atoms with van der Waals surface area (Å²) >= 11 is 0. The molecule has 0 radical (unpaired) electrons. The molecule has 1 nitrogen and oxygen atoms in total. The van der Waals surface area contributed by atoms with E-state index >= 15 is 0 Å². The molecule has 0 spiro atoms. The summed E-state index contributed by atoms with van der Waals surface area (Å²) in [6, 6.07) is 0. The normalized spacial score (nSPS) is 47.3. The minimum Gasteiger partial charge on any atom is -0.393 e. The molecule has 0 aromatic rings. The lowest BCUT2D eigenvalue weighted by molar-refractivity contribution is -0.0951. The Hall–Kier alpha value is -0.0400. The van der Waals surface area contributed by atoms with Gasteiger partial charge in [0, 0.05) is 0 Å². The minimum absolute atomic E-state index is 0.135. The zero-order chi connectivity index (χ0) is 12.8. The van der Waals surface area contributed by atoms with E-state index in [0.717, 1.165) is 11.8 Å². The minimum atomic E-state index is -0.170. The summed E-state index contributed by atoms with van der Waals surface area (Å²) in [5.74, 6) is 2.41. The van der Waals surface area contributed by atoms with Crippen molar-refractivity contribution in [2.75, 3.05) is 0 Å². The molecule has 5 atom stereocenters. The zero-order valence-corrected chi connectivity index (χ0v) is 12.3. The Bertz CT molecular complexity index is 281. The van der Waals surface area contributed by atoms with Crippen LogP contribution in [0.5, 0.6) is 0 Å². The molecule has 2 aliphatic rings. The van der Waals surface area contributed by atoms with Crippen LogP contribution in [-0.2, 0) is 0 Å². The van der Waals surface area contributed by atoms with E-state index in [1.54, 1.807) is 0 Å². The monoisotopic (exact) mass is 238 g/mol. The van der Waals surface area contributed by atoms with Gasteiger partial charge in [-0.25, -0.2) is 0 Å². The first-order valence-electron chi connectivity index (χ1n) is 7.45. The average Bonchev–Trinajstić information content (AvgIpc) is 2.21. The van der Waals surface area contributed by atoms with Crippen molar-refractivity contribution in [1.82, 2.24) is 0 Å². The van der Waals surface area contributed by atoms with E-state index < -0.39 is 0 Å². The first-order chi connectivity index (χ1) is 7.77. The fraction of sp³-hybridized carbons (Fsp3) is 1.00. The van der Waals surface area contributed by atoms with Crippen LogP contribution in [0.1, 0.15) is 66.7 Å². The van der Waals surface area contributed by atoms with Crippen molar-refractivity contribution >= 4 is 0 Å². The van der Waals surface area contributed by atoms with Crippen molar-refractivity contribution in [3.05, 3.63) is 0 Å². The third kappa shape index (κ3) is 2.16. The molecule has 0 bridgehead atoms. The summed E-state index contributed by atoms with van der Waals surface area (Å²) in [5, 5.41) is 10.2. The summed E-state index contributed by atoms with van der Waals surface area (Å²) in [7, 11) is 0. The average molecular weight is 238 g/mol. The van der Waals surface area contributed by atoms with E-state index in [-0.39, 0.29) is 11.5 Å². The van der Waals surface area contributed by atoms with Crippen LogP contribution in [0.25, 0.3) is 0 Å². The molecule has 100 valence electrons. The molecule has 2 fully saturated rings. The van der Waals surface area contributed by atoms with Gasteiger partial charge in [-0.1, -0.05) is 40.5 Å². The predicted molar refractivity (Wildman–Crippen MR) is 72.8 cm³/mol. The Kier molecular flexibility index (Phi) is 3.36. The second-order valence-electron chi connectivity index (χ2n) is 7.77. The number of hydrogen-bond donors (Lipinski definition) is 1. The van der Waals surface area contributed by atoms with Gasteiger partial charge in [0.05, 0.1) is 6.10 Å². The van der Waals surface area contributed by atoms with Crippen LogP contribution in [0.15, 0.2) is 0 Å². The van der Waals surface area contributed by atoms with Crippen LogP contribution in [-0.4, -0.2) is 11.2 Å². The maximum atomic E-state index is 10.2. The fourth-order valence-electron chi connectivity index (χ4n) is 4.55. The molecule has 1 heteroatoms. The van der Waals surface area contributed by atoms with E-state index in [2.05, 4.69) is 27.7 Å². The summed E-state index contributed by atoms with van der Waals surface area (Å²) < 4.78 is 0. The molecular formula is C16H30O. The third-order valence-corrected chi connectivity index (χ3v) is 6.37. The van der Waals surface area contributed by atoms with E-state index in [0.29, 0.717) is 11.3 Å². The van der Waals surface area contributed by atoms with Gasteiger partial charge in [-0.3, -0.25) is 0 Å². The van der Waals surface area contributed by atoms with E-state index in [4.69, 9.17) is 0 Å². The molecule has 2 rings (SSSR count). The quantitative estimate of drug-likeness (QED) is 0.724. The number of hydrogen-bond acceptors (Lipinski definition) is 1. The van der Waals surface area contributed by atoms with Crippen molar-refractivity contribution < 1.29 is 5.11 Å². The standard InChI is InChI=1S/C16H30O/c1-11-9-13-7-6-8-15(3,4)14(13)10-16(11,5)12(2)17/h11-14,17H,6-10H2,1-5H3/t11-,12-,13+,14-,16-/m0/s1. The highest BCUT2D eigenvalue weighted by molar-refractivity contribution is 5.00.